The lowest BCUT2D eigenvalue weighted by Crippen LogP contribution is -2.26. The Morgan fingerprint density at radius 3 is 2.57 bits per heavy atom. The smallest absolute Gasteiger partial charge is 0.119 e. The zero-order valence-electron chi connectivity index (χ0n) is 11.6. The van der Waals surface area contributed by atoms with Gasteiger partial charge in [0.15, 0.2) is 0 Å². The van der Waals surface area contributed by atoms with Crippen LogP contribution in [0.15, 0.2) is 51.4 Å². The minimum Gasteiger partial charge on any atom is -0.491 e. The lowest BCUT2D eigenvalue weighted by Gasteiger charge is -2.15. The van der Waals surface area contributed by atoms with E-state index in [2.05, 4.69) is 37.2 Å². The minimum atomic E-state index is -0.586. The number of hydrogen-bond donors (Lipinski definition) is 2. The highest BCUT2D eigenvalue weighted by atomic mass is 79.9. The van der Waals surface area contributed by atoms with Gasteiger partial charge < -0.3 is 15.2 Å². The summed E-state index contributed by atoms with van der Waals surface area (Å²) in [6.07, 6.45) is -0.586. The first-order valence-corrected chi connectivity index (χ1v) is 8.19. The van der Waals surface area contributed by atoms with E-state index >= 15 is 0 Å². The molecule has 0 amide bonds. The number of nitrogens with one attached hydrogen (secondary N) is 1. The van der Waals surface area contributed by atoms with Crippen molar-refractivity contribution in [1.82, 2.24) is 0 Å². The predicted octanol–water partition coefficient (Wildman–Crippen LogP) is 4.37. The first kappa shape index (κ1) is 16.3. The number of aliphatic hydroxyl groups excluding tert-OH is 1. The average Bonchev–Trinajstić information content (AvgIpc) is 2.47. The summed E-state index contributed by atoms with van der Waals surface area (Å²) in [4.78, 5) is 0. The van der Waals surface area contributed by atoms with E-state index in [1.54, 1.807) is 0 Å². The van der Waals surface area contributed by atoms with Crippen LogP contribution in [0.3, 0.4) is 0 Å². The molecule has 5 heteroatoms. The fourth-order valence-corrected chi connectivity index (χ4v) is 2.49. The first-order valence-electron chi connectivity index (χ1n) is 6.61. The molecule has 0 fully saturated rings. The van der Waals surface area contributed by atoms with Crippen LogP contribution in [0.5, 0.6) is 5.75 Å². The number of aryl methyl sites for hydroxylation is 1. The number of aliphatic hydroxyl groups is 1. The summed E-state index contributed by atoms with van der Waals surface area (Å²) in [5.41, 5.74) is 2.11. The molecule has 2 rings (SSSR count). The van der Waals surface area contributed by atoms with Crippen LogP contribution in [-0.2, 0) is 0 Å². The Hall–Kier alpha value is -1.04. The Bertz CT molecular complexity index is 587. The molecule has 3 nitrogen and oxygen atoms in total. The molecule has 0 saturated heterocycles. The maximum atomic E-state index is 9.97. The largest absolute Gasteiger partial charge is 0.491 e. The van der Waals surface area contributed by atoms with Crippen LogP contribution in [0.25, 0.3) is 0 Å². The maximum absolute atomic E-state index is 9.97. The highest BCUT2D eigenvalue weighted by Gasteiger charge is 2.07. The van der Waals surface area contributed by atoms with Gasteiger partial charge in [-0.05, 0) is 53.2 Å². The lowest BCUT2D eigenvalue weighted by molar-refractivity contribution is 0.117. The summed E-state index contributed by atoms with van der Waals surface area (Å²) < 4.78 is 7.49. The number of benzene rings is 2. The number of halogens is 2. The predicted molar refractivity (Wildman–Crippen MR) is 93.0 cm³/mol. The molecule has 2 aromatic carbocycles. The van der Waals surface area contributed by atoms with Crippen LogP contribution in [0.2, 0.25) is 0 Å². The SMILES string of the molecule is Cc1ccc(OCC(O)CNc2cc(Br)ccc2Br)cc1. The van der Waals surface area contributed by atoms with E-state index in [1.807, 2.05) is 49.4 Å². The number of hydrogen-bond acceptors (Lipinski definition) is 3. The molecule has 2 N–H and O–H groups in total. The van der Waals surface area contributed by atoms with Crippen molar-refractivity contribution in [3.63, 3.8) is 0 Å². The van der Waals surface area contributed by atoms with Crippen LogP contribution in [0.4, 0.5) is 5.69 Å². The van der Waals surface area contributed by atoms with Gasteiger partial charge in [-0.1, -0.05) is 33.6 Å². The molecule has 0 bridgehead atoms. The second kappa shape index (κ2) is 7.82. The zero-order chi connectivity index (χ0) is 15.2. The maximum Gasteiger partial charge on any atom is 0.119 e. The van der Waals surface area contributed by atoms with Gasteiger partial charge in [0.2, 0.25) is 0 Å². The number of rotatable bonds is 6. The molecule has 112 valence electrons. The summed E-state index contributed by atoms with van der Waals surface area (Å²) >= 11 is 6.89. The Balaban J connectivity index is 1.80. The molecule has 2 aromatic rings. The normalized spacial score (nSPS) is 12.0. The van der Waals surface area contributed by atoms with Gasteiger partial charge in [0, 0.05) is 21.2 Å². The van der Waals surface area contributed by atoms with Gasteiger partial charge in [-0.2, -0.15) is 0 Å². The summed E-state index contributed by atoms with van der Waals surface area (Å²) in [6, 6.07) is 13.6. The van der Waals surface area contributed by atoms with Crippen molar-refractivity contribution in [2.45, 2.75) is 13.0 Å². The Kier molecular flexibility index (Phi) is 6.08. The average molecular weight is 415 g/mol. The minimum absolute atomic E-state index is 0.252. The van der Waals surface area contributed by atoms with Gasteiger partial charge in [-0.25, -0.2) is 0 Å². The standard InChI is InChI=1S/C16H17Br2NO2/c1-11-2-5-14(6-3-11)21-10-13(20)9-19-16-8-12(17)4-7-15(16)18/h2-8,13,19-20H,9-10H2,1H3. The van der Waals surface area contributed by atoms with Crippen molar-refractivity contribution in [2.75, 3.05) is 18.5 Å². The quantitative estimate of drug-likeness (QED) is 0.737. The van der Waals surface area contributed by atoms with Gasteiger partial charge in [0.25, 0.3) is 0 Å². The van der Waals surface area contributed by atoms with Crippen LogP contribution in [0.1, 0.15) is 5.56 Å². The molecule has 0 saturated carbocycles. The van der Waals surface area contributed by atoms with E-state index in [0.717, 1.165) is 20.4 Å². The highest BCUT2D eigenvalue weighted by molar-refractivity contribution is 9.11. The van der Waals surface area contributed by atoms with Crippen LogP contribution in [0, 0.1) is 6.92 Å². The topological polar surface area (TPSA) is 41.5 Å². The van der Waals surface area contributed by atoms with Crippen molar-refractivity contribution in [1.29, 1.82) is 0 Å². The molecule has 0 spiro atoms. The monoisotopic (exact) mass is 413 g/mol. The molecule has 1 atom stereocenters. The molecular weight excluding hydrogens is 398 g/mol. The summed E-state index contributed by atoms with van der Waals surface area (Å²) in [5, 5.41) is 13.2. The third-order valence-corrected chi connectivity index (χ3v) is 4.10. The first-order chi connectivity index (χ1) is 10.0. The molecule has 0 aliphatic carbocycles. The van der Waals surface area contributed by atoms with Crippen molar-refractivity contribution in [3.8, 4) is 5.75 Å². The number of ether oxygens (including phenoxy) is 1. The van der Waals surface area contributed by atoms with Crippen molar-refractivity contribution >= 4 is 37.5 Å². The van der Waals surface area contributed by atoms with E-state index in [4.69, 9.17) is 4.74 Å². The summed E-state index contributed by atoms with van der Waals surface area (Å²) in [7, 11) is 0. The van der Waals surface area contributed by atoms with E-state index in [1.165, 1.54) is 5.56 Å². The fourth-order valence-electron chi connectivity index (χ4n) is 1.75. The molecule has 21 heavy (non-hydrogen) atoms. The Morgan fingerprint density at radius 1 is 1.14 bits per heavy atom. The third kappa shape index (κ3) is 5.34. The van der Waals surface area contributed by atoms with Gasteiger partial charge >= 0.3 is 0 Å². The number of anilines is 1. The molecular formula is C16H17Br2NO2. The molecule has 0 radical (unpaired) electrons. The lowest BCUT2D eigenvalue weighted by atomic mass is 10.2. The zero-order valence-corrected chi connectivity index (χ0v) is 14.8. The Labute approximate surface area is 141 Å². The van der Waals surface area contributed by atoms with Crippen LogP contribution in [-0.4, -0.2) is 24.4 Å². The van der Waals surface area contributed by atoms with Crippen molar-refractivity contribution < 1.29 is 9.84 Å². The molecule has 0 heterocycles. The molecule has 1 unspecified atom stereocenters. The molecule has 0 aliphatic rings. The summed E-state index contributed by atoms with van der Waals surface area (Å²) in [5.74, 6) is 0.767. The molecule has 0 aliphatic heterocycles. The van der Waals surface area contributed by atoms with E-state index in [9.17, 15) is 5.11 Å². The second-order valence-corrected chi connectivity index (χ2v) is 6.55. The molecule has 0 aromatic heterocycles. The van der Waals surface area contributed by atoms with Crippen LogP contribution < -0.4 is 10.1 Å². The summed E-state index contributed by atoms with van der Waals surface area (Å²) in [6.45, 7) is 2.70. The highest BCUT2D eigenvalue weighted by Crippen LogP contribution is 2.26. The van der Waals surface area contributed by atoms with Crippen molar-refractivity contribution in [3.05, 3.63) is 57.0 Å². The van der Waals surface area contributed by atoms with Crippen molar-refractivity contribution in [2.24, 2.45) is 0 Å². The van der Waals surface area contributed by atoms with Gasteiger partial charge in [-0.15, -0.1) is 0 Å². The van der Waals surface area contributed by atoms with Crippen LogP contribution >= 0.6 is 31.9 Å². The third-order valence-electron chi connectivity index (χ3n) is 2.92. The van der Waals surface area contributed by atoms with Gasteiger partial charge in [-0.3, -0.25) is 0 Å². The van der Waals surface area contributed by atoms with Gasteiger partial charge in [0.1, 0.15) is 18.5 Å². The van der Waals surface area contributed by atoms with E-state index in [0.29, 0.717) is 6.54 Å². The van der Waals surface area contributed by atoms with E-state index < -0.39 is 6.10 Å². The van der Waals surface area contributed by atoms with Gasteiger partial charge in [0.05, 0.1) is 0 Å². The van der Waals surface area contributed by atoms with E-state index in [-0.39, 0.29) is 6.61 Å². The second-order valence-electron chi connectivity index (χ2n) is 4.78. The fraction of sp³-hybridized carbons (Fsp3) is 0.250. The Morgan fingerprint density at radius 2 is 1.86 bits per heavy atom.